The van der Waals surface area contributed by atoms with Crippen molar-refractivity contribution < 1.29 is 32.7 Å². The van der Waals surface area contributed by atoms with Gasteiger partial charge in [0, 0.05) is 23.1 Å². The lowest BCUT2D eigenvalue weighted by atomic mass is 9.89. The van der Waals surface area contributed by atoms with Crippen LogP contribution in [0.1, 0.15) is 57.3 Å². The molecule has 206 valence electrons. The van der Waals surface area contributed by atoms with Crippen molar-refractivity contribution in [1.82, 2.24) is 10.2 Å². The molecule has 0 bridgehead atoms. The predicted molar refractivity (Wildman–Crippen MR) is 139 cm³/mol. The van der Waals surface area contributed by atoms with Crippen LogP contribution >= 0.6 is 22.7 Å². The number of Topliss-reactive ketones (excluding diaryl/α,β-unsaturated/α-hetero) is 1. The zero-order chi connectivity index (χ0) is 28.4. The first-order chi connectivity index (χ1) is 17.0. The van der Waals surface area contributed by atoms with Gasteiger partial charge in [0.25, 0.3) is 0 Å². The van der Waals surface area contributed by atoms with Crippen molar-refractivity contribution in [2.24, 2.45) is 17.6 Å². The zero-order valence-corrected chi connectivity index (χ0v) is 23.0. The number of rotatable bonds is 10. The van der Waals surface area contributed by atoms with E-state index in [2.05, 4.69) is 50.1 Å². The second kappa shape index (κ2) is 14.3. The van der Waals surface area contributed by atoms with Crippen molar-refractivity contribution in [2.45, 2.75) is 71.5 Å². The van der Waals surface area contributed by atoms with Gasteiger partial charge in [-0.2, -0.15) is 13.2 Å². The maximum atomic E-state index is 12.6. The number of carboxylic acids is 1. The van der Waals surface area contributed by atoms with Gasteiger partial charge in [-0.1, -0.05) is 58.1 Å². The number of aromatic nitrogens is 2. The van der Waals surface area contributed by atoms with E-state index < -0.39 is 18.2 Å². The lowest BCUT2D eigenvalue weighted by Gasteiger charge is -2.17. The predicted octanol–water partition coefficient (Wildman–Crippen LogP) is 5.22. The zero-order valence-electron chi connectivity index (χ0n) is 21.3. The molecule has 0 aromatic carbocycles. The van der Waals surface area contributed by atoms with Crippen LogP contribution < -0.4 is 11.1 Å². The van der Waals surface area contributed by atoms with Gasteiger partial charge in [-0.25, -0.2) is 4.79 Å². The van der Waals surface area contributed by atoms with E-state index in [4.69, 9.17) is 15.6 Å². The van der Waals surface area contributed by atoms with E-state index in [0.717, 1.165) is 16.3 Å². The van der Waals surface area contributed by atoms with E-state index in [1.54, 1.807) is 11.3 Å². The number of carbonyl (C=O) groups is 3. The summed E-state index contributed by atoms with van der Waals surface area (Å²) in [6.45, 7) is 10.4. The normalized spacial score (nSPS) is 13.7. The highest BCUT2D eigenvalue weighted by atomic mass is 32.1. The lowest BCUT2D eigenvalue weighted by Crippen LogP contribution is -2.33. The highest BCUT2D eigenvalue weighted by Crippen LogP contribution is 2.27. The number of anilines is 1. The first-order valence-electron chi connectivity index (χ1n) is 11.4. The summed E-state index contributed by atoms with van der Waals surface area (Å²) in [6.07, 6.45) is -0.0714. The van der Waals surface area contributed by atoms with Crippen LogP contribution in [0.25, 0.3) is 0 Å². The van der Waals surface area contributed by atoms with Gasteiger partial charge in [-0.3, -0.25) is 14.9 Å². The molecule has 1 amide bonds. The molecule has 0 aliphatic carbocycles. The third-order valence-corrected chi connectivity index (χ3v) is 6.87. The number of carboxylic acid groups (broad SMARTS) is 1. The fraction of sp³-hybridized carbons (Fsp3) is 0.542. The first kappa shape index (κ1) is 32.4. The third kappa shape index (κ3) is 12.9. The molecule has 4 N–H and O–H groups in total. The topological polar surface area (TPSA) is 135 Å². The molecule has 8 nitrogen and oxygen atoms in total. The van der Waals surface area contributed by atoms with Crippen LogP contribution in [-0.4, -0.2) is 45.2 Å². The fourth-order valence-electron chi connectivity index (χ4n) is 2.95. The molecular weight excluding hydrogens is 529 g/mol. The van der Waals surface area contributed by atoms with Crippen LogP contribution in [0.5, 0.6) is 0 Å². The highest BCUT2D eigenvalue weighted by molar-refractivity contribution is 7.15. The minimum atomic E-state index is -5.08. The minimum Gasteiger partial charge on any atom is -0.475 e. The molecule has 0 spiro atoms. The number of hydrogen-bond donors (Lipinski definition) is 3. The van der Waals surface area contributed by atoms with Crippen LogP contribution in [0.3, 0.4) is 0 Å². The van der Waals surface area contributed by atoms with Crippen molar-refractivity contribution in [3.8, 4) is 0 Å². The van der Waals surface area contributed by atoms with Crippen LogP contribution in [0.15, 0.2) is 29.7 Å². The SMILES string of the molecule is CC(C)C[C@@H](/C=C/C(=O)Nc1nnc(C(C)(C)C)s1)CC(=O)[C@@H](N)Cc1cccs1.O=C(O)C(F)(F)F. The average molecular weight is 563 g/mol. The molecule has 0 saturated carbocycles. The Morgan fingerprint density at radius 3 is 2.27 bits per heavy atom. The number of carbonyl (C=O) groups excluding carboxylic acids is 2. The standard InChI is InChI=1S/C22H32N4O2S2.C2HF3O2/c1-14(2)11-15(12-18(27)17(23)13-16-7-6-10-29-16)8-9-19(28)24-21-26-25-20(30-21)22(3,4)5;3-2(4,5)1(6)7/h6-10,14-15,17H,11-13,23H2,1-5H3,(H,24,26,28);(H,6,7)/b9-8+;/t15-,17+;/m1./s1. The number of halogens is 3. The largest absolute Gasteiger partial charge is 0.490 e. The summed E-state index contributed by atoms with van der Waals surface area (Å²) in [5.74, 6) is -2.63. The number of nitrogens with one attached hydrogen (secondary N) is 1. The quantitative estimate of drug-likeness (QED) is 0.338. The summed E-state index contributed by atoms with van der Waals surface area (Å²) in [5, 5.41) is 21.4. The number of aliphatic carboxylic acids is 1. The highest BCUT2D eigenvalue weighted by Gasteiger charge is 2.38. The van der Waals surface area contributed by atoms with Gasteiger partial charge in [-0.05, 0) is 35.8 Å². The summed E-state index contributed by atoms with van der Waals surface area (Å²) in [7, 11) is 0. The summed E-state index contributed by atoms with van der Waals surface area (Å²) in [5.41, 5.74) is 6.01. The second-order valence-electron chi connectivity index (χ2n) is 9.76. The van der Waals surface area contributed by atoms with Crippen molar-refractivity contribution in [3.63, 3.8) is 0 Å². The van der Waals surface area contributed by atoms with Gasteiger partial charge in [0.05, 0.1) is 6.04 Å². The van der Waals surface area contributed by atoms with Crippen molar-refractivity contribution in [1.29, 1.82) is 0 Å². The minimum absolute atomic E-state index is 0.0260. The number of amides is 1. The smallest absolute Gasteiger partial charge is 0.475 e. The van der Waals surface area contributed by atoms with Gasteiger partial charge < -0.3 is 10.8 Å². The maximum Gasteiger partial charge on any atom is 0.490 e. The molecule has 0 saturated heterocycles. The van der Waals surface area contributed by atoms with E-state index >= 15 is 0 Å². The van der Waals surface area contributed by atoms with Crippen LogP contribution in [-0.2, 0) is 26.2 Å². The summed E-state index contributed by atoms with van der Waals surface area (Å²) < 4.78 is 31.7. The molecule has 0 fully saturated rings. The molecule has 2 heterocycles. The number of alkyl halides is 3. The molecule has 37 heavy (non-hydrogen) atoms. The van der Waals surface area contributed by atoms with Crippen LogP contribution in [0, 0.1) is 11.8 Å². The molecule has 0 aliphatic heterocycles. The van der Waals surface area contributed by atoms with Gasteiger partial charge in [0.1, 0.15) is 10.8 Å². The third-order valence-electron chi connectivity index (χ3n) is 4.71. The van der Waals surface area contributed by atoms with Crippen LogP contribution in [0.4, 0.5) is 18.3 Å². The Bertz CT molecular complexity index is 1050. The van der Waals surface area contributed by atoms with Crippen molar-refractivity contribution in [3.05, 3.63) is 39.5 Å². The lowest BCUT2D eigenvalue weighted by molar-refractivity contribution is -0.192. The summed E-state index contributed by atoms with van der Waals surface area (Å²) in [4.78, 5) is 35.0. The Labute approximate surface area is 222 Å². The molecule has 0 radical (unpaired) electrons. The number of hydrogen-bond acceptors (Lipinski definition) is 8. The van der Waals surface area contributed by atoms with Gasteiger partial charge >= 0.3 is 12.1 Å². The molecular formula is C24H33F3N4O4S2. The number of ketones is 1. The number of allylic oxidation sites excluding steroid dienone is 1. The van der Waals surface area contributed by atoms with E-state index in [1.165, 1.54) is 17.4 Å². The van der Waals surface area contributed by atoms with Crippen molar-refractivity contribution >= 4 is 45.5 Å². The van der Waals surface area contributed by atoms with E-state index in [0.29, 0.717) is 23.9 Å². The maximum absolute atomic E-state index is 12.6. The monoisotopic (exact) mass is 562 g/mol. The van der Waals surface area contributed by atoms with E-state index in [1.807, 2.05) is 23.6 Å². The Morgan fingerprint density at radius 1 is 1.19 bits per heavy atom. The molecule has 2 atom stereocenters. The molecule has 0 aliphatic rings. The molecule has 0 unspecified atom stereocenters. The Morgan fingerprint density at radius 2 is 1.81 bits per heavy atom. The van der Waals surface area contributed by atoms with Crippen LogP contribution in [0.2, 0.25) is 0 Å². The summed E-state index contributed by atoms with van der Waals surface area (Å²) >= 11 is 2.98. The number of nitrogens with zero attached hydrogens (tertiary/aromatic N) is 2. The summed E-state index contributed by atoms with van der Waals surface area (Å²) in [6, 6.07) is 3.44. The van der Waals surface area contributed by atoms with E-state index in [-0.39, 0.29) is 23.0 Å². The number of thiophene rings is 1. The fourth-order valence-corrected chi connectivity index (χ4v) is 4.52. The molecule has 2 rings (SSSR count). The molecule has 2 aromatic rings. The average Bonchev–Trinajstić information content (AvgIpc) is 3.43. The Hall–Kier alpha value is -2.64. The second-order valence-corrected chi connectivity index (χ2v) is 11.8. The first-order valence-corrected chi connectivity index (χ1v) is 13.1. The molecule has 2 aromatic heterocycles. The number of nitrogens with two attached hydrogens (primary N) is 1. The van der Waals surface area contributed by atoms with Gasteiger partial charge in [0.2, 0.25) is 11.0 Å². The van der Waals surface area contributed by atoms with E-state index in [9.17, 15) is 22.8 Å². The van der Waals surface area contributed by atoms with Crippen molar-refractivity contribution in [2.75, 3.05) is 5.32 Å². The van der Waals surface area contributed by atoms with Gasteiger partial charge in [0.15, 0.2) is 0 Å². The Kier molecular flexibility index (Phi) is 12.6. The Balaban J connectivity index is 0.000000856. The van der Waals surface area contributed by atoms with Gasteiger partial charge in [-0.15, -0.1) is 21.5 Å². The molecule has 13 heteroatoms.